The summed E-state index contributed by atoms with van der Waals surface area (Å²) >= 11 is 0. The molecule has 1 heterocycles. The van der Waals surface area contributed by atoms with Crippen LogP contribution in [0.5, 0.6) is 11.5 Å². The number of phenolic OH excluding ortho intramolecular Hbond substituents is 2. The summed E-state index contributed by atoms with van der Waals surface area (Å²) in [5, 5.41) is 39.5. The zero-order valence-corrected chi connectivity index (χ0v) is 13.7. The van der Waals surface area contributed by atoms with Gasteiger partial charge in [-0.05, 0) is 44.2 Å². The maximum Gasteiger partial charge on any atom is 0.342 e. The lowest BCUT2D eigenvalue weighted by molar-refractivity contribution is 0.00987. The van der Waals surface area contributed by atoms with Crippen molar-refractivity contribution in [1.82, 2.24) is 0 Å². The van der Waals surface area contributed by atoms with E-state index < -0.39 is 24.3 Å². The third kappa shape index (κ3) is 4.97. The van der Waals surface area contributed by atoms with Gasteiger partial charge in [0.1, 0.15) is 23.2 Å². The van der Waals surface area contributed by atoms with E-state index in [1.807, 2.05) is 6.08 Å². The normalized spacial score (nSPS) is 27.6. The monoisotopic (exact) mass is 336 g/mol. The molecule has 24 heavy (non-hydrogen) atoms. The Kier molecular flexibility index (Phi) is 6.23. The summed E-state index contributed by atoms with van der Waals surface area (Å²) in [7, 11) is 0. The average Bonchev–Trinajstić information content (AvgIpc) is 2.44. The first-order valence-electron chi connectivity index (χ1n) is 8.16. The summed E-state index contributed by atoms with van der Waals surface area (Å²) in [5.41, 5.74) is 0.352. The van der Waals surface area contributed by atoms with Gasteiger partial charge >= 0.3 is 5.97 Å². The maximum absolute atomic E-state index is 12.4. The van der Waals surface area contributed by atoms with E-state index in [0.29, 0.717) is 18.4 Å². The summed E-state index contributed by atoms with van der Waals surface area (Å²) in [4.78, 5) is 12.4. The minimum Gasteiger partial charge on any atom is -0.508 e. The molecule has 0 saturated heterocycles. The van der Waals surface area contributed by atoms with Crippen LogP contribution in [0, 0.1) is 0 Å². The number of ether oxygens (including phenoxy) is 1. The molecule has 3 atom stereocenters. The second-order valence-electron chi connectivity index (χ2n) is 6.26. The number of benzene rings is 1. The zero-order chi connectivity index (χ0) is 17.7. The fourth-order valence-corrected chi connectivity index (χ4v) is 2.87. The highest BCUT2D eigenvalue weighted by molar-refractivity contribution is 5.97. The van der Waals surface area contributed by atoms with E-state index in [2.05, 4.69) is 0 Å². The van der Waals surface area contributed by atoms with Crippen molar-refractivity contribution < 1.29 is 30.0 Å². The van der Waals surface area contributed by atoms with E-state index >= 15 is 0 Å². The smallest absolute Gasteiger partial charge is 0.342 e. The average molecular weight is 336 g/mol. The second-order valence-corrected chi connectivity index (χ2v) is 6.26. The molecule has 1 aromatic carbocycles. The number of esters is 1. The molecule has 1 aliphatic heterocycles. The number of hydrogen-bond acceptors (Lipinski definition) is 6. The van der Waals surface area contributed by atoms with E-state index in [0.717, 1.165) is 12.5 Å². The van der Waals surface area contributed by atoms with Crippen LogP contribution in [-0.4, -0.2) is 44.7 Å². The highest BCUT2D eigenvalue weighted by Crippen LogP contribution is 2.30. The molecule has 0 aliphatic carbocycles. The van der Waals surface area contributed by atoms with Gasteiger partial charge in [0.05, 0.1) is 12.2 Å². The van der Waals surface area contributed by atoms with Gasteiger partial charge in [0.2, 0.25) is 0 Å². The van der Waals surface area contributed by atoms with Gasteiger partial charge in [0, 0.05) is 12.5 Å². The predicted octanol–water partition coefficient (Wildman–Crippen LogP) is 2.34. The van der Waals surface area contributed by atoms with Gasteiger partial charge in [-0.25, -0.2) is 4.79 Å². The lowest BCUT2D eigenvalue weighted by Crippen LogP contribution is -2.25. The van der Waals surface area contributed by atoms with Gasteiger partial charge in [0.15, 0.2) is 0 Å². The minimum absolute atomic E-state index is 0.0116. The van der Waals surface area contributed by atoms with Crippen LogP contribution in [0.3, 0.4) is 0 Å². The molecule has 132 valence electrons. The largest absolute Gasteiger partial charge is 0.508 e. The molecule has 1 aromatic rings. The molecule has 6 nitrogen and oxygen atoms in total. The number of aliphatic hydroxyl groups is 2. The third-order valence-electron chi connectivity index (χ3n) is 4.00. The first kappa shape index (κ1) is 18.3. The fraction of sp³-hybridized carbons (Fsp3) is 0.500. The topological polar surface area (TPSA) is 107 Å². The molecule has 6 heteroatoms. The molecule has 0 spiro atoms. The molecule has 0 amide bonds. The number of rotatable bonds is 0. The first-order valence-corrected chi connectivity index (χ1v) is 8.16. The van der Waals surface area contributed by atoms with Crippen LogP contribution in [0.1, 0.15) is 54.9 Å². The van der Waals surface area contributed by atoms with Crippen molar-refractivity contribution >= 4 is 12.0 Å². The lowest BCUT2D eigenvalue weighted by atomic mass is 10.0. The van der Waals surface area contributed by atoms with Gasteiger partial charge in [-0.15, -0.1) is 0 Å². The zero-order valence-electron chi connectivity index (χ0n) is 13.7. The summed E-state index contributed by atoms with van der Waals surface area (Å²) in [5.74, 6) is -1.22. The molecule has 1 aliphatic rings. The molecular formula is C18H24O6. The second kappa shape index (κ2) is 8.17. The summed E-state index contributed by atoms with van der Waals surface area (Å²) in [6.45, 7) is 1.65. The molecule has 0 fully saturated rings. The summed E-state index contributed by atoms with van der Waals surface area (Å²) in [6.07, 6.45) is 3.90. The predicted molar refractivity (Wildman–Crippen MR) is 88.8 cm³/mol. The number of aromatic hydroxyl groups is 2. The Morgan fingerprint density at radius 2 is 1.88 bits per heavy atom. The molecule has 0 radical (unpaired) electrons. The van der Waals surface area contributed by atoms with E-state index in [9.17, 15) is 25.2 Å². The Labute approximate surface area is 141 Å². The lowest BCUT2D eigenvalue weighted by Gasteiger charge is -2.20. The van der Waals surface area contributed by atoms with Crippen LogP contribution in [0.15, 0.2) is 18.2 Å². The number of carbonyl (C=O) groups excluding carboxylic acids is 1. The number of allylic oxidation sites excluding steroid dienone is 1. The molecule has 2 rings (SSSR count). The fourth-order valence-electron chi connectivity index (χ4n) is 2.87. The van der Waals surface area contributed by atoms with Crippen molar-refractivity contribution in [2.45, 2.75) is 57.3 Å². The van der Waals surface area contributed by atoms with Gasteiger partial charge in [-0.3, -0.25) is 0 Å². The SMILES string of the molecule is C[C@H]1CC(O)C[C@@H](O)CCC/C=C/c2cc(O)cc(O)c2C(=O)O1. The molecule has 1 unspecified atom stereocenters. The van der Waals surface area contributed by atoms with Crippen molar-refractivity contribution in [3.63, 3.8) is 0 Å². The van der Waals surface area contributed by atoms with E-state index in [1.165, 1.54) is 6.07 Å². The number of hydrogen-bond donors (Lipinski definition) is 4. The van der Waals surface area contributed by atoms with Crippen molar-refractivity contribution in [3.8, 4) is 11.5 Å². The van der Waals surface area contributed by atoms with Crippen molar-refractivity contribution in [2.75, 3.05) is 0 Å². The Bertz CT molecular complexity index is 610. The van der Waals surface area contributed by atoms with Gasteiger partial charge < -0.3 is 25.2 Å². The quantitative estimate of drug-likeness (QED) is 0.542. The maximum atomic E-state index is 12.4. The standard InChI is InChI=1S/C18H24O6/c1-11-7-14(20)9-13(19)6-4-2-3-5-12-8-15(21)10-16(22)17(12)18(23)24-11/h3,5,8,10-11,13-14,19-22H,2,4,6-7,9H2,1H3/b5-3+/t11-,13-,14?/m0/s1. The summed E-state index contributed by atoms with van der Waals surface area (Å²) < 4.78 is 5.29. The minimum atomic E-state index is -0.769. The number of aliphatic hydroxyl groups excluding tert-OH is 2. The Balaban J connectivity index is 2.32. The summed E-state index contributed by atoms with van der Waals surface area (Å²) in [6, 6.07) is 2.47. The van der Waals surface area contributed by atoms with E-state index in [-0.39, 0.29) is 29.9 Å². The highest BCUT2D eigenvalue weighted by atomic mass is 16.5. The van der Waals surface area contributed by atoms with Gasteiger partial charge in [0.25, 0.3) is 0 Å². The van der Waals surface area contributed by atoms with Crippen LogP contribution in [0.25, 0.3) is 6.08 Å². The van der Waals surface area contributed by atoms with Crippen LogP contribution >= 0.6 is 0 Å². The van der Waals surface area contributed by atoms with Gasteiger partial charge in [-0.2, -0.15) is 0 Å². The van der Waals surface area contributed by atoms with Crippen molar-refractivity contribution in [1.29, 1.82) is 0 Å². The number of cyclic esters (lactones) is 1. The Morgan fingerprint density at radius 1 is 1.12 bits per heavy atom. The number of phenols is 2. The molecule has 4 N–H and O–H groups in total. The Morgan fingerprint density at radius 3 is 2.62 bits per heavy atom. The Hall–Kier alpha value is -2.05. The number of carbonyl (C=O) groups is 1. The van der Waals surface area contributed by atoms with Crippen molar-refractivity contribution in [3.05, 3.63) is 29.3 Å². The third-order valence-corrected chi connectivity index (χ3v) is 4.00. The van der Waals surface area contributed by atoms with Crippen LogP contribution < -0.4 is 0 Å². The molecule has 0 aromatic heterocycles. The van der Waals surface area contributed by atoms with E-state index in [1.54, 1.807) is 13.0 Å². The van der Waals surface area contributed by atoms with E-state index in [4.69, 9.17) is 4.74 Å². The first-order chi connectivity index (χ1) is 11.4. The van der Waals surface area contributed by atoms with Crippen LogP contribution in [0.4, 0.5) is 0 Å². The van der Waals surface area contributed by atoms with Crippen LogP contribution in [0.2, 0.25) is 0 Å². The van der Waals surface area contributed by atoms with Gasteiger partial charge in [-0.1, -0.05) is 12.2 Å². The molecule has 0 saturated carbocycles. The van der Waals surface area contributed by atoms with Crippen LogP contribution in [-0.2, 0) is 4.74 Å². The molecular weight excluding hydrogens is 312 g/mol. The highest BCUT2D eigenvalue weighted by Gasteiger charge is 2.23. The molecule has 0 bridgehead atoms. The van der Waals surface area contributed by atoms with Crippen molar-refractivity contribution in [2.24, 2.45) is 0 Å². The number of fused-ring (bicyclic) bond motifs is 1.